The Kier molecular flexibility index (Phi) is 3.65. The van der Waals surface area contributed by atoms with Gasteiger partial charge in [-0.1, -0.05) is 30.3 Å². The first-order valence-electron chi connectivity index (χ1n) is 7.10. The molecule has 0 bridgehead atoms. The molecule has 0 saturated carbocycles. The third-order valence-electron chi connectivity index (χ3n) is 3.67. The highest BCUT2D eigenvalue weighted by molar-refractivity contribution is 5.89. The number of carbonyl (C=O) groups is 1. The minimum absolute atomic E-state index is 0.232. The molecule has 1 heterocycles. The molecule has 112 valence electrons. The van der Waals surface area contributed by atoms with Crippen LogP contribution in [0.25, 0.3) is 11.0 Å². The second-order valence-electron chi connectivity index (χ2n) is 5.30. The number of aromatic nitrogens is 2. The van der Waals surface area contributed by atoms with E-state index in [1.54, 1.807) is 12.1 Å². The predicted molar refractivity (Wildman–Crippen MR) is 84.8 cm³/mol. The van der Waals surface area contributed by atoms with Crippen LogP contribution in [0.1, 0.15) is 34.7 Å². The average molecular weight is 295 g/mol. The number of fused-ring (bicyclic) bond motifs is 1. The molecule has 1 unspecified atom stereocenters. The van der Waals surface area contributed by atoms with Gasteiger partial charge in [0.15, 0.2) is 0 Å². The molecular weight excluding hydrogens is 278 g/mol. The van der Waals surface area contributed by atoms with E-state index in [-0.39, 0.29) is 6.04 Å². The van der Waals surface area contributed by atoms with Crippen LogP contribution < -0.4 is 5.73 Å². The van der Waals surface area contributed by atoms with Gasteiger partial charge >= 0.3 is 5.97 Å². The summed E-state index contributed by atoms with van der Waals surface area (Å²) in [5.41, 5.74) is 8.89. The summed E-state index contributed by atoms with van der Waals surface area (Å²) < 4.78 is 1.99. The summed E-state index contributed by atoms with van der Waals surface area (Å²) in [5, 5.41) is 9.34. The minimum Gasteiger partial charge on any atom is -0.478 e. The summed E-state index contributed by atoms with van der Waals surface area (Å²) in [6.45, 7) is 2.31. The van der Waals surface area contributed by atoms with Gasteiger partial charge in [-0.3, -0.25) is 0 Å². The summed E-state index contributed by atoms with van der Waals surface area (Å²) in [6.07, 6.45) is 0. The minimum atomic E-state index is -0.928. The zero-order valence-electron chi connectivity index (χ0n) is 12.2. The van der Waals surface area contributed by atoms with Crippen molar-refractivity contribution >= 4 is 17.0 Å². The maximum Gasteiger partial charge on any atom is 0.336 e. The van der Waals surface area contributed by atoms with Gasteiger partial charge in [-0.2, -0.15) is 0 Å². The molecule has 0 aliphatic carbocycles. The van der Waals surface area contributed by atoms with Gasteiger partial charge in [-0.05, 0) is 30.7 Å². The molecule has 3 rings (SSSR count). The second kappa shape index (κ2) is 5.61. The van der Waals surface area contributed by atoms with Crippen molar-refractivity contribution in [2.75, 3.05) is 0 Å². The molecule has 0 fully saturated rings. The van der Waals surface area contributed by atoms with Gasteiger partial charge in [-0.15, -0.1) is 0 Å². The van der Waals surface area contributed by atoms with E-state index in [9.17, 15) is 9.90 Å². The van der Waals surface area contributed by atoms with Crippen LogP contribution >= 0.6 is 0 Å². The van der Waals surface area contributed by atoms with E-state index in [0.29, 0.717) is 12.1 Å². The summed E-state index contributed by atoms with van der Waals surface area (Å²) in [6, 6.07) is 14.5. The maximum atomic E-state index is 11.4. The second-order valence-corrected chi connectivity index (χ2v) is 5.30. The molecule has 5 heteroatoms. The number of benzene rings is 2. The van der Waals surface area contributed by atoms with Crippen molar-refractivity contribution in [3.05, 3.63) is 65.5 Å². The molecule has 3 aromatic rings. The topological polar surface area (TPSA) is 81.1 Å². The monoisotopic (exact) mass is 295 g/mol. The fourth-order valence-corrected chi connectivity index (χ4v) is 2.65. The molecule has 0 saturated heterocycles. The van der Waals surface area contributed by atoms with Crippen molar-refractivity contribution in [1.29, 1.82) is 0 Å². The Balaban J connectivity index is 2.15. The van der Waals surface area contributed by atoms with Crippen LogP contribution in [0.4, 0.5) is 0 Å². The van der Waals surface area contributed by atoms with Crippen molar-refractivity contribution in [2.45, 2.75) is 19.5 Å². The summed E-state index contributed by atoms with van der Waals surface area (Å²) in [4.78, 5) is 16.0. The first-order chi connectivity index (χ1) is 10.6. The molecule has 3 N–H and O–H groups in total. The number of nitrogens with two attached hydrogens (primary N) is 1. The van der Waals surface area contributed by atoms with Gasteiger partial charge < -0.3 is 15.4 Å². The Morgan fingerprint density at radius 1 is 1.23 bits per heavy atom. The van der Waals surface area contributed by atoms with Crippen LogP contribution in [-0.2, 0) is 6.54 Å². The third kappa shape index (κ3) is 2.46. The number of carboxylic acids is 1. The number of hydrogen-bond donors (Lipinski definition) is 2. The van der Waals surface area contributed by atoms with E-state index < -0.39 is 5.97 Å². The molecule has 5 nitrogen and oxygen atoms in total. The molecule has 0 aliphatic rings. The molecular formula is C17H17N3O2. The van der Waals surface area contributed by atoms with Gasteiger partial charge in [0.1, 0.15) is 5.82 Å². The summed E-state index contributed by atoms with van der Waals surface area (Å²) in [5.74, 6) is -0.177. The lowest BCUT2D eigenvalue weighted by Gasteiger charge is -2.13. The lowest BCUT2D eigenvalue weighted by molar-refractivity contribution is 0.0695. The Hall–Kier alpha value is -2.66. The van der Waals surface area contributed by atoms with Crippen LogP contribution in [-0.4, -0.2) is 20.6 Å². The first-order valence-corrected chi connectivity index (χ1v) is 7.10. The third-order valence-corrected chi connectivity index (χ3v) is 3.67. The van der Waals surface area contributed by atoms with Gasteiger partial charge in [0.25, 0.3) is 0 Å². The van der Waals surface area contributed by atoms with Crippen molar-refractivity contribution in [3.63, 3.8) is 0 Å². The molecule has 1 atom stereocenters. The lowest BCUT2D eigenvalue weighted by Crippen LogP contribution is -2.15. The highest BCUT2D eigenvalue weighted by atomic mass is 16.4. The standard InChI is InChI=1S/C17H17N3O2/c1-11(18)16-19-14-8-4-5-9-15(14)20(16)10-12-6-2-3-7-13(12)17(21)22/h2-9,11H,10,18H2,1H3,(H,21,22). The number of para-hydroxylation sites is 2. The highest BCUT2D eigenvalue weighted by Gasteiger charge is 2.16. The number of aromatic carboxylic acids is 1. The summed E-state index contributed by atoms with van der Waals surface area (Å²) in [7, 11) is 0. The van der Waals surface area contributed by atoms with Crippen LogP contribution in [0.5, 0.6) is 0 Å². The molecule has 0 amide bonds. The van der Waals surface area contributed by atoms with E-state index in [1.807, 2.05) is 47.9 Å². The van der Waals surface area contributed by atoms with Gasteiger partial charge in [0.2, 0.25) is 0 Å². The van der Waals surface area contributed by atoms with Crippen molar-refractivity contribution in [3.8, 4) is 0 Å². The molecule has 22 heavy (non-hydrogen) atoms. The summed E-state index contributed by atoms with van der Waals surface area (Å²) >= 11 is 0. The van der Waals surface area contributed by atoms with Crippen molar-refractivity contribution in [1.82, 2.24) is 9.55 Å². The normalized spacial score (nSPS) is 12.5. The zero-order chi connectivity index (χ0) is 15.7. The first kappa shape index (κ1) is 14.3. The van der Waals surface area contributed by atoms with Crippen molar-refractivity contribution < 1.29 is 9.90 Å². The fourth-order valence-electron chi connectivity index (χ4n) is 2.65. The SMILES string of the molecule is CC(N)c1nc2ccccc2n1Cc1ccccc1C(=O)O. The smallest absolute Gasteiger partial charge is 0.336 e. The van der Waals surface area contributed by atoms with Crippen molar-refractivity contribution in [2.24, 2.45) is 5.73 Å². The van der Waals surface area contributed by atoms with Crippen LogP contribution in [0.3, 0.4) is 0 Å². The van der Waals surface area contributed by atoms with E-state index in [1.165, 1.54) is 0 Å². The van der Waals surface area contributed by atoms with E-state index in [0.717, 1.165) is 22.4 Å². The number of rotatable bonds is 4. The Labute approximate surface area is 128 Å². The average Bonchev–Trinajstić information content (AvgIpc) is 2.87. The van der Waals surface area contributed by atoms with Crippen LogP contribution in [0.15, 0.2) is 48.5 Å². The van der Waals surface area contributed by atoms with E-state index >= 15 is 0 Å². The number of carboxylic acid groups (broad SMARTS) is 1. The fraction of sp³-hybridized carbons (Fsp3) is 0.176. The molecule has 0 radical (unpaired) electrons. The Bertz CT molecular complexity index is 837. The molecule has 0 spiro atoms. The number of hydrogen-bond acceptors (Lipinski definition) is 3. The van der Waals surface area contributed by atoms with E-state index in [4.69, 9.17) is 5.73 Å². The number of nitrogens with zero attached hydrogens (tertiary/aromatic N) is 2. The van der Waals surface area contributed by atoms with Gasteiger partial charge in [-0.25, -0.2) is 9.78 Å². The Morgan fingerprint density at radius 2 is 1.91 bits per heavy atom. The van der Waals surface area contributed by atoms with E-state index in [2.05, 4.69) is 4.98 Å². The van der Waals surface area contributed by atoms with Gasteiger partial charge in [0.05, 0.1) is 29.2 Å². The maximum absolute atomic E-state index is 11.4. The largest absolute Gasteiger partial charge is 0.478 e. The molecule has 1 aromatic heterocycles. The molecule has 2 aromatic carbocycles. The highest BCUT2D eigenvalue weighted by Crippen LogP contribution is 2.22. The quantitative estimate of drug-likeness (QED) is 0.775. The van der Waals surface area contributed by atoms with Crippen LogP contribution in [0.2, 0.25) is 0 Å². The zero-order valence-corrected chi connectivity index (χ0v) is 12.2. The van der Waals surface area contributed by atoms with Gasteiger partial charge in [0, 0.05) is 0 Å². The predicted octanol–water partition coefficient (Wildman–Crippen LogP) is 2.80. The Morgan fingerprint density at radius 3 is 2.64 bits per heavy atom. The number of imidazole rings is 1. The molecule has 0 aliphatic heterocycles. The lowest BCUT2D eigenvalue weighted by atomic mass is 10.1. The van der Waals surface area contributed by atoms with Crippen LogP contribution in [0, 0.1) is 0 Å².